The Labute approximate surface area is 122 Å². The third-order valence-corrected chi connectivity index (χ3v) is 3.99. The molecule has 2 aliphatic heterocycles. The molecular formula is C15H17N3O3. The summed E-state index contributed by atoms with van der Waals surface area (Å²) >= 11 is 0. The van der Waals surface area contributed by atoms with Crippen LogP contribution in [0.4, 0.5) is 0 Å². The van der Waals surface area contributed by atoms with Gasteiger partial charge in [-0.1, -0.05) is 12.1 Å². The predicted molar refractivity (Wildman–Crippen MR) is 75.9 cm³/mol. The van der Waals surface area contributed by atoms with Crippen LogP contribution in [0.5, 0.6) is 0 Å². The summed E-state index contributed by atoms with van der Waals surface area (Å²) in [6.45, 7) is 3.83. The number of amides is 3. The highest BCUT2D eigenvalue weighted by molar-refractivity contribution is 6.22. The summed E-state index contributed by atoms with van der Waals surface area (Å²) in [6.07, 6.45) is 0. The number of piperazine rings is 1. The average molecular weight is 287 g/mol. The molecule has 0 aliphatic carbocycles. The van der Waals surface area contributed by atoms with E-state index < -0.39 is 0 Å². The molecule has 2 heterocycles. The summed E-state index contributed by atoms with van der Waals surface area (Å²) in [4.78, 5) is 39.6. The van der Waals surface area contributed by atoms with Gasteiger partial charge in [-0.2, -0.15) is 0 Å². The Bertz CT molecular complexity index is 579. The van der Waals surface area contributed by atoms with Gasteiger partial charge < -0.3 is 10.2 Å². The standard InChI is InChI=1S/C15H17N3O3/c1-10-8-16-6-7-17(10)13(19)9-18-14(20)11-4-2-3-5-12(11)15(18)21/h2-5,10,16H,6-9H2,1H3/t10-/m0/s1. The first-order valence-electron chi connectivity index (χ1n) is 7.05. The summed E-state index contributed by atoms with van der Waals surface area (Å²) in [5, 5.41) is 3.20. The van der Waals surface area contributed by atoms with Gasteiger partial charge in [0, 0.05) is 25.7 Å². The third-order valence-electron chi connectivity index (χ3n) is 3.99. The second kappa shape index (κ2) is 5.29. The van der Waals surface area contributed by atoms with Crippen LogP contribution in [0, 0.1) is 0 Å². The van der Waals surface area contributed by atoms with Crippen LogP contribution in [-0.2, 0) is 4.79 Å². The minimum Gasteiger partial charge on any atom is -0.336 e. The zero-order valence-corrected chi connectivity index (χ0v) is 11.8. The lowest BCUT2D eigenvalue weighted by atomic mass is 10.1. The van der Waals surface area contributed by atoms with Gasteiger partial charge in [-0.25, -0.2) is 0 Å². The summed E-state index contributed by atoms with van der Waals surface area (Å²) in [5.74, 6) is -0.947. The van der Waals surface area contributed by atoms with Crippen LogP contribution in [0.3, 0.4) is 0 Å². The molecule has 0 spiro atoms. The highest BCUT2D eigenvalue weighted by Crippen LogP contribution is 2.22. The quantitative estimate of drug-likeness (QED) is 0.783. The molecule has 0 bridgehead atoms. The number of hydrogen-bond acceptors (Lipinski definition) is 4. The van der Waals surface area contributed by atoms with Crippen molar-refractivity contribution in [2.24, 2.45) is 0 Å². The van der Waals surface area contributed by atoms with Gasteiger partial charge in [-0.3, -0.25) is 19.3 Å². The molecule has 110 valence electrons. The Kier molecular flexibility index (Phi) is 3.47. The van der Waals surface area contributed by atoms with Gasteiger partial charge >= 0.3 is 0 Å². The Morgan fingerprint density at radius 1 is 1.24 bits per heavy atom. The number of rotatable bonds is 2. The molecule has 1 atom stereocenters. The number of nitrogens with zero attached hydrogens (tertiary/aromatic N) is 2. The van der Waals surface area contributed by atoms with E-state index >= 15 is 0 Å². The van der Waals surface area contributed by atoms with Crippen LogP contribution in [0.15, 0.2) is 24.3 Å². The Hall–Kier alpha value is -2.21. The summed E-state index contributed by atoms with van der Waals surface area (Å²) < 4.78 is 0. The molecular weight excluding hydrogens is 270 g/mol. The molecule has 0 unspecified atom stereocenters. The van der Waals surface area contributed by atoms with Crippen molar-refractivity contribution in [2.45, 2.75) is 13.0 Å². The maximum atomic E-state index is 12.4. The van der Waals surface area contributed by atoms with Gasteiger partial charge in [0.2, 0.25) is 5.91 Å². The van der Waals surface area contributed by atoms with E-state index in [1.165, 1.54) is 0 Å². The van der Waals surface area contributed by atoms with Crippen LogP contribution in [0.1, 0.15) is 27.6 Å². The third kappa shape index (κ3) is 2.31. The Morgan fingerprint density at radius 2 is 1.86 bits per heavy atom. The monoisotopic (exact) mass is 287 g/mol. The number of nitrogens with one attached hydrogen (secondary N) is 1. The van der Waals surface area contributed by atoms with Gasteiger partial charge in [0.05, 0.1) is 11.1 Å². The van der Waals surface area contributed by atoms with Crippen molar-refractivity contribution < 1.29 is 14.4 Å². The summed E-state index contributed by atoms with van der Waals surface area (Å²) in [5.41, 5.74) is 0.757. The Balaban J connectivity index is 1.76. The van der Waals surface area contributed by atoms with Crippen LogP contribution in [-0.4, -0.2) is 59.7 Å². The number of benzene rings is 1. The number of carbonyl (C=O) groups excluding carboxylic acids is 3. The number of hydrogen-bond donors (Lipinski definition) is 1. The van der Waals surface area contributed by atoms with Crippen molar-refractivity contribution in [1.29, 1.82) is 0 Å². The Morgan fingerprint density at radius 3 is 2.43 bits per heavy atom. The molecule has 6 nitrogen and oxygen atoms in total. The molecule has 1 aromatic carbocycles. The van der Waals surface area contributed by atoms with Gasteiger partial charge in [0.15, 0.2) is 0 Å². The first kappa shape index (κ1) is 13.8. The zero-order chi connectivity index (χ0) is 15.0. The molecule has 0 saturated carbocycles. The molecule has 0 aromatic heterocycles. The minimum absolute atomic E-state index is 0.0708. The first-order valence-corrected chi connectivity index (χ1v) is 7.05. The van der Waals surface area contributed by atoms with E-state index in [9.17, 15) is 14.4 Å². The van der Waals surface area contributed by atoms with Gasteiger partial charge in [0.1, 0.15) is 6.54 Å². The van der Waals surface area contributed by atoms with E-state index in [1.54, 1.807) is 29.2 Å². The van der Waals surface area contributed by atoms with Crippen LogP contribution in [0.25, 0.3) is 0 Å². The fourth-order valence-electron chi connectivity index (χ4n) is 2.82. The maximum absolute atomic E-state index is 12.4. The number of carbonyl (C=O) groups is 3. The predicted octanol–water partition coefficient (Wildman–Crippen LogP) is 0.103. The van der Waals surface area contributed by atoms with Gasteiger partial charge in [-0.05, 0) is 19.1 Å². The van der Waals surface area contributed by atoms with Crippen LogP contribution < -0.4 is 5.32 Å². The van der Waals surface area contributed by atoms with E-state index in [-0.39, 0.29) is 30.3 Å². The van der Waals surface area contributed by atoms with Crippen LogP contribution in [0.2, 0.25) is 0 Å². The molecule has 3 rings (SSSR count). The summed E-state index contributed by atoms with van der Waals surface area (Å²) in [7, 11) is 0. The van der Waals surface area contributed by atoms with Crippen molar-refractivity contribution in [3.8, 4) is 0 Å². The first-order chi connectivity index (χ1) is 10.1. The highest BCUT2D eigenvalue weighted by Gasteiger charge is 2.37. The molecule has 1 saturated heterocycles. The van der Waals surface area contributed by atoms with E-state index in [0.29, 0.717) is 17.7 Å². The lowest BCUT2D eigenvalue weighted by molar-refractivity contribution is -0.134. The average Bonchev–Trinajstić information content (AvgIpc) is 2.73. The molecule has 1 aromatic rings. The maximum Gasteiger partial charge on any atom is 0.262 e. The number of imide groups is 1. The number of fused-ring (bicyclic) bond motifs is 1. The largest absolute Gasteiger partial charge is 0.336 e. The molecule has 3 amide bonds. The highest BCUT2D eigenvalue weighted by atomic mass is 16.2. The second-order valence-electron chi connectivity index (χ2n) is 5.38. The van der Waals surface area contributed by atoms with Crippen molar-refractivity contribution in [1.82, 2.24) is 15.1 Å². The van der Waals surface area contributed by atoms with Gasteiger partial charge in [0.25, 0.3) is 11.8 Å². The van der Waals surface area contributed by atoms with Crippen molar-refractivity contribution in [3.05, 3.63) is 35.4 Å². The fraction of sp³-hybridized carbons (Fsp3) is 0.400. The SMILES string of the molecule is C[C@H]1CNCCN1C(=O)CN1C(=O)c2ccccc2C1=O. The zero-order valence-electron chi connectivity index (χ0n) is 11.8. The summed E-state index contributed by atoms with van der Waals surface area (Å²) in [6, 6.07) is 6.74. The van der Waals surface area contributed by atoms with Crippen molar-refractivity contribution in [2.75, 3.05) is 26.2 Å². The molecule has 1 N–H and O–H groups in total. The molecule has 21 heavy (non-hydrogen) atoms. The van der Waals surface area contributed by atoms with E-state index in [4.69, 9.17) is 0 Å². The lowest BCUT2D eigenvalue weighted by Gasteiger charge is -2.34. The molecule has 6 heteroatoms. The fourth-order valence-corrected chi connectivity index (χ4v) is 2.82. The van der Waals surface area contributed by atoms with Crippen LogP contribution >= 0.6 is 0 Å². The molecule has 2 aliphatic rings. The van der Waals surface area contributed by atoms with E-state index in [0.717, 1.165) is 18.0 Å². The van der Waals surface area contributed by atoms with E-state index in [2.05, 4.69) is 5.32 Å². The van der Waals surface area contributed by atoms with E-state index in [1.807, 2.05) is 6.92 Å². The lowest BCUT2D eigenvalue weighted by Crippen LogP contribution is -2.55. The normalized spacial score (nSPS) is 21.7. The van der Waals surface area contributed by atoms with Gasteiger partial charge in [-0.15, -0.1) is 0 Å². The second-order valence-corrected chi connectivity index (χ2v) is 5.38. The minimum atomic E-state index is -0.383. The smallest absolute Gasteiger partial charge is 0.262 e. The molecule has 0 radical (unpaired) electrons. The topological polar surface area (TPSA) is 69.7 Å². The van der Waals surface area contributed by atoms with Crippen molar-refractivity contribution in [3.63, 3.8) is 0 Å². The van der Waals surface area contributed by atoms with Crippen molar-refractivity contribution >= 4 is 17.7 Å². The molecule has 1 fully saturated rings.